The van der Waals surface area contributed by atoms with Crippen LogP contribution in [-0.2, 0) is 7.05 Å². The Bertz CT molecular complexity index is 426. The van der Waals surface area contributed by atoms with Crippen molar-refractivity contribution >= 4 is 0 Å². The van der Waals surface area contributed by atoms with Gasteiger partial charge >= 0.3 is 0 Å². The van der Waals surface area contributed by atoms with E-state index in [0.29, 0.717) is 6.04 Å². The van der Waals surface area contributed by atoms with E-state index in [9.17, 15) is 0 Å². The van der Waals surface area contributed by atoms with Gasteiger partial charge in [0.1, 0.15) is 0 Å². The molecule has 112 valence electrons. The molecule has 0 amide bonds. The lowest BCUT2D eigenvalue weighted by atomic mass is 9.65. The van der Waals surface area contributed by atoms with Gasteiger partial charge in [0.25, 0.3) is 0 Å². The first-order chi connectivity index (χ1) is 9.78. The minimum absolute atomic E-state index is 0.511. The van der Waals surface area contributed by atoms with Crippen LogP contribution in [0.25, 0.3) is 0 Å². The quantitative estimate of drug-likeness (QED) is 0.908. The van der Waals surface area contributed by atoms with Crippen molar-refractivity contribution in [2.45, 2.75) is 57.9 Å². The molecule has 3 heteroatoms. The molecule has 4 unspecified atom stereocenters. The summed E-state index contributed by atoms with van der Waals surface area (Å²) in [6.45, 7) is 3.26. The van der Waals surface area contributed by atoms with Crippen LogP contribution in [-0.4, -0.2) is 16.3 Å². The number of nitrogens with one attached hydrogen (secondary N) is 1. The Kier molecular flexibility index (Phi) is 4.45. The molecule has 0 aromatic carbocycles. The fourth-order valence-electron chi connectivity index (χ4n) is 4.59. The first kappa shape index (κ1) is 14.1. The molecule has 4 atom stereocenters. The number of nitrogens with zero attached hydrogens (tertiary/aromatic N) is 2. The normalized spacial score (nSPS) is 31.8. The van der Waals surface area contributed by atoms with Crippen molar-refractivity contribution in [1.29, 1.82) is 0 Å². The molecular weight excluding hydrogens is 246 g/mol. The Morgan fingerprint density at radius 1 is 1.25 bits per heavy atom. The second-order valence-electron chi connectivity index (χ2n) is 6.86. The molecule has 20 heavy (non-hydrogen) atoms. The topological polar surface area (TPSA) is 29.9 Å². The highest BCUT2D eigenvalue weighted by Crippen LogP contribution is 2.46. The minimum atomic E-state index is 0.511. The summed E-state index contributed by atoms with van der Waals surface area (Å²) in [6.07, 6.45) is 14.4. The van der Waals surface area contributed by atoms with E-state index in [4.69, 9.17) is 0 Å². The number of aromatic nitrogens is 2. The molecule has 0 bridgehead atoms. The molecule has 1 N–H and O–H groups in total. The first-order valence-electron chi connectivity index (χ1n) is 8.50. The van der Waals surface area contributed by atoms with Crippen molar-refractivity contribution in [2.75, 3.05) is 6.54 Å². The van der Waals surface area contributed by atoms with Gasteiger partial charge < -0.3 is 5.32 Å². The fourth-order valence-corrected chi connectivity index (χ4v) is 4.59. The molecule has 2 fully saturated rings. The van der Waals surface area contributed by atoms with Crippen molar-refractivity contribution in [3.05, 3.63) is 18.0 Å². The van der Waals surface area contributed by atoms with Gasteiger partial charge in [-0.25, -0.2) is 0 Å². The molecule has 2 saturated carbocycles. The van der Waals surface area contributed by atoms with Crippen molar-refractivity contribution in [2.24, 2.45) is 24.8 Å². The highest BCUT2D eigenvalue weighted by Gasteiger charge is 2.35. The molecule has 2 aliphatic rings. The second-order valence-corrected chi connectivity index (χ2v) is 6.86. The monoisotopic (exact) mass is 275 g/mol. The zero-order valence-electron chi connectivity index (χ0n) is 13.0. The van der Waals surface area contributed by atoms with Crippen LogP contribution in [0.5, 0.6) is 0 Å². The van der Waals surface area contributed by atoms with E-state index in [0.717, 1.165) is 24.3 Å². The Balaban J connectivity index is 1.71. The molecule has 0 aliphatic heterocycles. The van der Waals surface area contributed by atoms with Crippen LogP contribution < -0.4 is 5.32 Å². The molecule has 1 aromatic heterocycles. The van der Waals surface area contributed by atoms with Gasteiger partial charge in [-0.3, -0.25) is 4.68 Å². The van der Waals surface area contributed by atoms with Gasteiger partial charge in [-0.1, -0.05) is 32.6 Å². The Labute approximate surface area is 123 Å². The van der Waals surface area contributed by atoms with Crippen LogP contribution in [0.4, 0.5) is 0 Å². The van der Waals surface area contributed by atoms with Crippen LogP contribution in [0.2, 0.25) is 0 Å². The number of hydrogen-bond acceptors (Lipinski definition) is 2. The lowest BCUT2D eigenvalue weighted by molar-refractivity contribution is 0.110. The number of fused-ring (bicyclic) bond motifs is 1. The van der Waals surface area contributed by atoms with Gasteiger partial charge in [-0.15, -0.1) is 0 Å². The van der Waals surface area contributed by atoms with E-state index in [1.165, 1.54) is 50.5 Å². The maximum Gasteiger partial charge on any atom is 0.0537 e. The molecule has 1 aromatic rings. The predicted molar refractivity (Wildman–Crippen MR) is 82.4 cm³/mol. The lowest BCUT2D eigenvalue weighted by Crippen LogP contribution is -2.35. The van der Waals surface area contributed by atoms with Crippen molar-refractivity contribution in [1.82, 2.24) is 15.1 Å². The summed E-state index contributed by atoms with van der Waals surface area (Å²) in [5, 5.41) is 8.10. The van der Waals surface area contributed by atoms with E-state index in [1.54, 1.807) is 0 Å². The third-order valence-corrected chi connectivity index (χ3v) is 5.56. The molecule has 3 rings (SSSR count). The SMILES string of the molecule is CCNC(c1cnn(C)c1)C1CCC2CCCCC2C1. The van der Waals surface area contributed by atoms with Gasteiger partial charge in [0.15, 0.2) is 0 Å². The van der Waals surface area contributed by atoms with E-state index in [2.05, 4.69) is 29.7 Å². The molecule has 3 nitrogen and oxygen atoms in total. The summed E-state index contributed by atoms with van der Waals surface area (Å²) in [4.78, 5) is 0. The Morgan fingerprint density at radius 3 is 2.75 bits per heavy atom. The lowest BCUT2D eigenvalue weighted by Gasteiger charge is -2.42. The van der Waals surface area contributed by atoms with E-state index < -0.39 is 0 Å². The highest BCUT2D eigenvalue weighted by molar-refractivity contribution is 5.12. The van der Waals surface area contributed by atoms with Gasteiger partial charge in [0, 0.05) is 24.8 Å². The average Bonchev–Trinajstić information content (AvgIpc) is 2.90. The Morgan fingerprint density at radius 2 is 2.05 bits per heavy atom. The van der Waals surface area contributed by atoms with E-state index in [1.807, 2.05) is 11.7 Å². The van der Waals surface area contributed by atoms with Gasteiger partial charge in [-0.05, 0) is 43.6 Å². The van der Waals surface area contributed by atoms with Crippen LogP contribution in [0.3, 0.4) is 0 Å². The summed E-state index contributed by atoms with van der Waals surface area (Å²) < 4.78 is 1.94. The van der Waals surface area contributed by atoms with Crippen LogP contribution in [0.1, 0.15) is 63.5 Å². The molecule has 0 spiro atoms. The van der Waals surface area contributed by atoms with Crippen molar-refractivity contribution < 1.29 is 0 Å². The fraction of sp³-hybridized carbons (Fsp3) is 0.824. The molecule has 1 heterocycles. The summed E-state index contributed by atoms with van der Waals surface area (Å²) in [5.41, 5.74) is 1.38. The van der Waals surface area contributed by atoms with Crippen LogP contribution >= 0.6 is 0 Å². The predicted octanol–water partition coefficient (Wildman–Crippen LogP) is 3.68. The average molecular weight is 275 g/mol. The minimum Gasteiger partial charge on any atom is -0.310 e. The summed E-state index contributed by atoms with van der Waals surface area (Å²) in [6, 6.07) is 0.511. The first-order valence-corrected chi connectivity index (χ1v) is 8.50. The molecule has 2 aliphatic carbocycles. The third kappa shape index (κ3) is 2.93. The number of rotatable bonds is 4. The van der Waals surface area contributed by atoms with E-state index >= 15 is 0 Å². The largest absolute Gasteiger partial charge is 0.310 e. The molecular formula is C17H29N3. The standard InChI is InChI=1S/C17H29N3/c1-3-18-17(16-11-19-20(2)12-16)15-9-8-13-6-4-5-7-14(13)10-15/h11-15,17-18H,3-10H2,1-2H3. The summed E-state index contributed by atoms with van der Waals surface area (Å²) >= 11 is 0. The smallest absolute Gasteiger partial charge is 0.0537 e. The van der Waals surface area contributed by atoms with Crippen LogP contribution in [0.15, 0.2) is 12.4 Å². The summed E-state index contributed by atoms with van der Waals surface area (Å²) in [5.74, 6) is 2.84. The summed E-state index contributed by atoms with van der Waals surface area (Å²) in [7, 11) is 2.02. The number of aryl methyl sites for hydroxylation is 1. The van der Waals surface area contributed by atoms with Crippen LogP contribution in [0, 0.1) is 17.8 Å². The van der Waals surface area contributed by atoms with Crippen molar-refractivity contribution in [3.8, 4) is 0 Å². The van der Waals surface area contributed by atoms with Crippen molar-refractivity contribution in [3.63, 3.8) is 0 Å². The zero-order chi connectivity index (χ0) is 13.9. The van der Waals surface area contributed by atoms with Gasteiger partial charge in [0.05, 0.1) is 6.20 Å². The third-order valence-electron chi connectivity index (χ3n) is 5.56. The zero-order valence-corrected chi connectivity index (χ0v) is 13.0. The molecule has 0 radical (unpaired) electrons. The highest BCUT2D eigenvalue weighted by atomic mass is 15.2. The molecule has 0 saturated heterocycles. The second kappa shape index (κ2) is 6.30. The Hall–Kier alpha value is -0.830. The van der Waals surface area contributed by atoms with Gasteiger partial charge in [0.2, 0.25) is 0 Å². The maximum atomic E-state index is 4.37. The van der Waals surface area contributed by atoms with Gasteiger partial charge in [-0.2, -0.15) is 5.10 Å². The number of hydrogen-bond donors (Lipinski definition) is 1. The maximum absolute atomic E-state index is 4.37. The van der Waals surface area contributed by atoms with E-state index in [-0.39, 0.29) is 0 Å².